The Morgan fingerprint density at radius 2 is 1.62 bits per heavy atom. The summed E-state index contributed by atoms with van der Waals surface area (Å²) in [7, 11) is -2.68. The van der Waals surface area contributed by atoms with Gasteiger partial charge in [-0.15, -0.1) is 0 Å². The molecule has 0 radical (unpaired) electrons. The lowest BCUT2D eigenvalue weighted by atomic mass is 10.2. The molecule has 0 aliphatic heterocycles. The second-order valence-electron chi connectivity index (χ2n) is 5.99. The van der Waals surface area contributed by atoms with Gasteiger partial charge >= 0.3 is 0 Å². The number of halogens is 2. The van der Waals surface area contributed by atoms with Gasteiger partial charge in [-0.2, -0.15) is 5.26 Å². The Morgan fingerprint density at radius 1 is 0.966 bits per heavy atom. The lowest BCUT2D eigenvalue weighted by molar-refractivity contribution is 0.284. The maximum Gasteiger partial charge on any atom is 0.208 e. The van der Waals surface area contributed by atoms with Gasteiger partial charge in [0.05, 0.1) is 22.5 Å². The largest absolute Gasteiger partial charge is 0.493 e. The lowest BCUT2D eigenvalue weighted by Gasteiger charge is -2.14. The van der Waals surface area contributed by atoms with Crippen molar-refractivity contribution in [3.63, 3.8) is 0 Å². The Bertz CT molecular complexity index is 1170. The standard InChI is InChI=1S/C21H15Cl2NO4S/c1-27-19-11-21(29(25,26)18-9-16(22)8-17(23)10-18)15(12-24)7-20(19)28-13-14-5-3-2-4-6-14/h2-11H,13H2,1H3. The van der Waals surface area contributed by atoms with Crippen molar-refractivity contribution < 1.29 is 17.9 Å². The monoisotopic (exact) mass is 447 g/mol. The molecule has 0 atom stereocenters. The van der Waals surface area contributed by atoms with Gasteiger partial charge in [0.15, 0.2) is 11.5 Å². The van der Waals surface area contributed by atoms with E-state index in [9.17, 15) is 13.7 Å². The predicted molar refractivity (Wildman–Crippen MR) is 110 cm³/mol. The van der Waals surface area contributed by atoms with E-state index in [4.69, 9.17) is 32.7 Å². The number of hydrogen-bond acceptors (Lipinski definition) is 5. The number of nitriles is 1. The molecule has 0 saturated carbocycles. The quantitative estimate of drug-likeness (QED) is 0.513. The minimum Gasteiger partial charge on any atom is -0.493 e. The first-order valence-electron chi connectivity index (χ1n) is 8.35. The summed E-state index contributed by atoms with van der Waals surface area (Å²) in [4.78, 5) is -0.339. The van der Waals surface area contributed by atoms with Crippen LogP contribution in [0.4, 0.5) is 0 Å². The van der Waals surface area contributed by atoms with E-state index in [2.05, 4.69) is 0 Å². The first-order chi connectivity index (χ1) is 13.8. The van der Waals surface area contributed by atoms with Crippen molar-refractivity contribution in [2.75, 3.05) is 7.11 Å². The number of nitrogens with zero attached hydrogens (tertiary/aromatic N) is 1. The van der Waals surface area contributed by atoms with E-state index in [-0.39, 0.29) is 43.5 Å². The first kappa shape index (κ1) is 21.0. The summed E-state index contributed by atoms with van der Waals surface area (Å²) in [5, 5.41) is 9.89. The van der Waals surface area contributed by atoms with E-state index in [1.165, 1.54) is 37.4 Å². The molecule has 0 aromatic heterocycles. The van der Waals surface area contributed by atoms with Crippen LogP contribution in [0.3, 0.4) is 0 Å². The molecule has 8 heteroatoms. The molecule has 29 heavy (non-hydrogen) atoms. The summed E-state index contributed by atoms with van der Waals surface area (Å²) in [6, 6.07) is 17.9. The third-order valence-corrected chi connectivity index (χ3v) is 6.27. The van der Waals surface area contributed by atoms with Crippen LogP contribution in [0.2, 0.25) is 10.0 Å². The highest BCUT2D eigenvalue weighted by Crippen LogP contribution is 2.36. The van der Waals surface area contributed by atoms with Gasteiger partial charge < -0.3 is 9.47 Å². The lowest BCUT2D eigenvalue weighted by Crippen LogP contribution is -2.07. The Kier molecular flexibility index (Phi) is 6.33. The van der Waals surface area contributed by atoms with E-state index in [0.29, 0.717) is 0 Å². The normalized spacial score (nSPS) is 11.0. The van der Waals surface area contributed by atoms with Crippen molar-refractivity contribution in [2.24, 2.45) is 0 Å². The zero-order valence-electron chi connectivity index (χ0n) is 15.2. The van der Waals surface area contributed by atoms with Crippen molar-refractivity contribution in [1.29, 1.82) is 5.26 Å². The molecule has 3 aromatic carbocycles. The summed E-state index contributed by atoms with van der Waals surface area (Å²) in [5.74, 6) is 0.447. The van der Waals surface area contributed by atoms with Crippen LogP contribution < -0.4 is 9.47 Å². The minimum atomic E-state index is -4.07. The van der Waals surface area contributed by atoms with E-state index in [1.807, 2.05) is 36.4 Å². The van der Waals surface area contributed by atoms with Gasteiger partial charge in [0.2, 0.25) is 9.84 Å². The Morgan fingerprint density at radius 3 is 2.21 bits per heavy atom. The van der Waals surface area contributed by atoms with Crippen LogP contribution in [0.1, 0.15) is 11.1 Å². The Hall–Kier alpha value is -2.72. The van der Waals surface area contributed by atoms with Crippen molar-refractivity contribution in [3.8, 4) is 17.6 Å². The second kappa shape index (κ2) is 8.75. The smallest absolute Gasteiger partial charge is 0.208 e. The summed E-state index contributed by atoms with van der Waals surface area (Å²) in [5.41, 5.74) is 0.836. The van der Waals surface area contributed by atoms with Crippen LogP contribution in [-0.4, -0.2) is 15.5 Å². The van der Waals surface area contributed by atoms with Crippen molar-refractivity contribution in [2.45, 2.75) is 16.4 Å². The van der Waals surface area contributed by atoms with Crippen LogP contribution in [0, 0.1) is 11.3 Å². The van der Waals surface area contributed by atoms with Crippen LogP contribution in [0.25, 0.3) is 0 Å². The molecule has 0 spiro atoms. The first-order valence-corrected chi connectivity index (χ1v) is 10.6. The molecule has 0 aliphatic carbocycles. The molecular weight excluding hydrogens is 433 g/mol. The maximum atomic E-state index is 13.1. The molecule has 3 aromatic rings. The molecule has 0 fully saturated rings. The average Bonchev–Trinajstić information content (AvgIpc) is 2.71. The van der Waals surface area contributed by atoms with Gasteiger partial charge in [-0.1, -0.05) is 53.5 Å². The summed E-state index contributed by atoms with van der Waals surface area (Å²) < 4.78 is 37.3. The Labute approximate surface area is 178 Å². The molecule has 0 heterocycles. The van der Waals surface area contributed by atoms with Gasteiger partial charge in [-0.25, -0.2) is 8.42 Å². The number of benzene rings is 3. The number of methoxy groups -OCH3 is 1. The molecule has 0 aliphatic rings. The molecule has 0 N–H and O–H groups in total. The number of ether oxygens (including phenoxy) is 2. The SMILES string of the molecule is COc1cc(S(=O)(=O)c2cc(Cl)cc(Cl)c2)c(C#N)cc1OCc1ccccc1. The van der Waals surface area contributed by atoms with Gasteiger partial charge in [0.25, 0.3) is 0 Å². The van der Waals surface area contributed by atoms with Crippen LogP contribution in [0.5, 0.6) is 11.5 Å². The summed E-state index contributed by atoms with van der Waals surface area (Å²) in [6.45, 7) is 0.234. The maximum absolute atomic E-state index is 13.1. The molecule has 0 bridgehead atoms. The molecule has 0 unspecified atom stereocenters. The van der Waals surface area contributed by atoms with Crippen LogP contribution in [0.15, 0.2) is 70.5 Å². The molecule has 0 amide bonds. The zero-order chi connectivity index (χ0) is 21.0. The van der Waals surface area contributed by atoms with E-state index >= 15 is 0 Å². The third kappa shape index (κ3) is 4.65. The average molecular weight is 448 g/mol. The number of rotatable bonds is 6. The van der Waals surface area contributed by atoms with E-state index in [1.54, 1.807) is 0 Å². The fourth-order valence-corrected chi connectivity index (χ4v) is 4.80. The molecule has 5 nitrogen and oxygen atoms in total. The Balaban J connectivity index is 2.05. The number of sulfone groups is 1. The van der Waals surface area contributed by atoms with Gasteiger partial charge in [-0.05, 0) is 23.8 Å². The molecule has 148 valence electrons. The molecule has 0 saturated heterocycles. The highest BCUT2D eigenvalue weighted by atomic mass is 35.5. The number of hydrogen-bond donors (Lipinski definition) is 0. The van der Waals surface area contributed by atoms with E-state index in [0.717, 1.165) is 5.56 Å². The fraction of sp³-hybridized carbons (Fsp3) is 0.0952. The van der Waals surface area contributed by atoms with Gasteiger partial charge in [-0.3, -0.25) is 0 Å². The highest BCUT2D eigenvalue weighted by molar-refractivity contribution is 7.91. The van der Waals surface area contributed by atoms with Gasteiger partial charge in [0, 0.05) is 22.2 Å². The van der Waals surface area contributed by atoms with E-state index < -0.39 is 9.84 Å². The summed E-state index contributed by atoms with van der Waals surface area (Å²) >= 11 is 11.9. The second-order valence-corrected chi connectivity index (χ2v) is 8.78. The molecule has 3 rings (SSSR count). The third-order valence-electron chi connectivity index (χ3n) is 4.06. The fourth-order valence-electron chi connectivity index (χ4n) is 2.67. The van der Waals surface area contributed by atoms with Gasteiger partial charge in [0.1, 0.15) is 12.7 Å². The summed E-state index contributed by atoms with van der Waals surface area (Å²) in [6.07, 6.45) is 0. The topological polar surface area (TPSA) is 76.4 Å². The minimum absolute atomic E-state index is 0.0787. The molecular formula is C21H15Cl2NO4S. The van der Waals surface area contributed by atoms with Crippen molar-refractivity contribution in [3.05, 3.63) is 81.8 Å². The van der Waals surface area contributed by atoms with Crippen molar-refractivity contribution in [1.82, 2.24) is 0 Å². The van der Waals surface area contributed by atoms with Crippen molar-refractivity contribution >= 4 is 33.0 Å². The zero-order valence-corrected chi connectivity index (χ0v) is 17.6. The predicted octanol–water partition coefficient (Wildman–Crippen LogP) is 5.29. The van der Waals surface area contributed by atoms with Crippen LogP contribution in [-0.2, 0) is 16.4 Å². The highest BCUT2D eigenvalue weighted by Gasteiger charge is 2.25. The van der Waals surface area contributed by atoms with Crippen LogP contribution >= 0.6 is 23.2 Å².